The topological polar surface area (TPSA) is 46.2 Å². The van der Waals surface area contributed by atoms with Gasteiger partial charge in [0.15, 0.2) is 5.78 Å². The fourth-order valence-corrected chi connectivity index (χ4v) is 4.11. The lowest BCUT2D eigenvalue weighted by Crippen LogP contribution is -2.27. The minimum Gasteiger partial charge on any atom is -0.351 e. The molecule has 0 saturated heterocycles. The van der Waals surface area contributed by atoms with Crippen LogP contribution in [0.2, 0.25) is 0 Å². The molecule has 0 aliphatic carbocycles. The largest absolute Gasteiger partial charge is 0.351 e. The van der Waals surface area contributed by atoms with Crippen molar-refractivity contribution < 1.29 is 14.0 Å². The molecule has 138 valence electrons. The molecule has 3 aromatic rings. The predicted octanol–water partition coefficient (Wildman–Crippen LogP) is 4.78. The van der Waals surface area contributed by atoms with Gasteiger partial charge >= 0.3 is 0 Å². The SMILES string of the molecule is O=C(NCCSCc1ccsc1)c1ccccc1C(=O)c1ccc(F)cc1. The second kappa shape index (κ2) is 9.48. The van der Waals surface area contributed by atoms with Gasteiger partial charge in [-0.15, -0.1) is 0 Å². The maximum atomic E-state index is 13.1. The van der Waals surface area contributed by atoms with E-state index in [4.69, 9.17) is 0 Å². The molecule has 0 spiro atoms. The summed E-state index contributed by atoms with van der Waals surface area (Å²) in [6, 6.07) is 14.1. The minimum atomic E-state index is -0.405. The number of hydrogen-bond donors (Lipinski definition) is 1. The molecule has 6 heteroatoms. The zero-order chi connectivity index (χ0) is 19.1. The van der Waals surface area contributed by atoms with Crippen LogP contribution in [0.1, 0.15) is 31.8 Å². The van der Waals surface area contributed by atoms with Crippen LogP contribution < -0.4 is 5.32 Å². The Kier molecular flexibility index (Phi) is 6.79. The zero-order valence-electron chi connectivity index (χ0n) is 14.5. The number of benzene rings is 2. The normalized spacial score (nSPS) is 10.6. The molecule has 3 nitrogen and oxygen atoms in total. The molecule has 1 amide bonds. The Labute approximate surface area is 165 Å². The number of nitrogens with one attached hydrogen (secondary N) is 1. The summed E-state index contributed by atoms with van der Waals surface area (Å²) in [7, 11) is 0. The van der Waals surface area contributed by atoms with Gasteiger partial charge in [0.1, 0.15) is 5.82 Å². The van der Waals surface area contributed by atoms with Crippen molar-refractivity contribution in [3.8, 4) is 0 Å². The Morgan fingerprint density at radius 2 is 1.74 bits per heavy atom. The van der Waals surface area contributed by atoms with E-state index >= 15 is 0 Å². The maximum absolute atomic E-state index is 13.1. The van der Waals surface area contributed by atoms with Gasteiger partial charge in [-0.1, -0.05) is 18.2 Å². The van der Waals surface area contributed by atoms with Crippen molar-refractivity contribution in [1.82, 2.24) is 5.32 Å². The summed E-state index contributed by atoms with van der Waals surface area (Å²) in [5, 5.41) is 7.03. The number of halogens is 1. The Morgan fingerprint density at radius 1 is 1.00 bits per heavy atom. The summed E-state index contributed by atoms with van der Waals surface area (Å²) in [6.45, 7) is 0.521. The van der Waals surface area contributed by atoms with E-state index in [1.807, 2.05) is 5.38 Å². The summed E-state index contributed by atoms with van der Waals surface area (Å²) in [5.41, 5.74) is 2.27. The van der Waals surface area contributed by atoms with E-state index < -0.39 is 5.82 Å². The van der Waals surface area contributed by atoms with Gasteiger partial charge in [-0.2, -0.15) is 23.1 Å². The van der Waals surface area contributed by atoms with Crippen LogP contribution in [0.4, 0.5) is 4.39 Å². The molecule has 0 unspecified atom stereocenters. The summed E-state index contributed by atoms with van der Waals surface area (Å²) >= 11 is 3.42. The van der Waals surface area contributed by atoms with E-state index in [1.165, 1.54) is 29.8 Å². The van der Waals surface area contributed by atoms with Gasteiger partial charge in [-0.05, 0) is 52.7 Å². The second-order valence-electron chi connectivity index (χ2n) is 5.82. The predicted molar refractivity (Wildman–Crippen MR) is 109 cm³/mol. The van der Waals surface area contributed by atoms with E-state index in [9.17, 15) is 14.0 Å². The lowest BCUT2D eigenvalue weighted by molar-refractivity contribution is 0.0944. The summed E-state index contributed by atoms with van der Waals surface area (Å²) < 4.78 is 13.1. The zero-order valence-corrected chi connectivity index (χ0v) is 16.1. The molecule has 1 heterocycles. The third-order valence-corrected chi connectivity index (χ3v) is 5.67. The minimum absolute atomic E-state index is 0.280. The number of amides is 1. The third kappa shape index (κ3) is 5.28. The number of hydrogen-bond acceptors (Lipinski definition) is 4. The number of carbonyl (C=O) groups is 2. The summed E-state index contributed by atoms with van der Waals surface area (Å²) in [4.78, 5) is 25.2. The van der Waals surface area contributed by atoms with Crippen molar-refractivity contribution >= 4 is 34.8 Å². The Bertz CT molecular complexity index is 908. The molecule has 1 N–H and O–H groups in total. The Hall–Kier alpha value is -2.44. The van der Waals surface area contributed by atoms with Crippen LogP contribution >= 0.6 is 23.1 Å². The Balaban J connectivity index is 1.60. The molecular weight excluding hydrogens is 381 g/mol. The van der Waals surface area contributed by atoms with Crippen LogP contribution in [-0.2, 0) is 5.75 Å². The number of rotatable bonds is 8. The molecule has 0 atom stereocenters. The van der Waals surface area contributed by atoms with Gasteiger partial charge in [0, 0.05) is 29.2 Å². The summed E-state index contributed by atoms with van der Waals surface area (Å²) in [6.07, 6.45) is 0. The monoisotopic (exact) mass is 399 g/mol. The number of carbonyl (C=O) groups excluding carboxylic acids is 2. The maximum Gasteiger partial charge on any atom is 0.252 e. The molecule has 2 aromatic carbocycles. The van der Waals surface area contributed by atoms with Gasteiger partial charge in [-0.25, -0.2) is 4.39 Å². The van der Waals surface area contributed by atoms with Gasteiger partial charge in [0.05, 0.1) is 5.56 Å². The standard InChI is InChI=1S/C21H18FNO2S2/c22-17-7-5-16(6-8-17)20(24)18-3-1-2-4-19(18)21(25)23-10-12-27-14-15-9-11-26-13-15/h1-9,11,13H,10,12,14H2,(H,23,25). The van der Waals surface area contributed by atoms with E-state index in [2.05, 4.69) is 16.8 Å². The van der Waals surface area contributed by atoms with Crippen LogP contribution in [0.3, 0.4) is 0 Å². The van der Waals surface area contributed by atoms with Gasteiger partial charge in [-0.3, -0.25) is 9.59 Å². The molecule has 0 saturated carbocycles. The molecule has 0 aliphatic rings. The van der Waals surface area contributed by atoms with Gasteiger partial charge < -0.3 is 5.32 Å². The lowest BCUT2D eigenvalue weighted by atomic mass is 9.98. The van der Waals surface area contributed by atoms with Crippen LogP contribution in [0.15, 0.2) is 65.4 Å². The molecule has 27 heavy (non-hydrogen) atoms. The second-order valence-corrected chi connectivity index (χ2v) is 7.71. The van der Waals surface area contributed by atoms with E-state index in [-0.39, 0.29) is 11.7 Å². The fourth-order valence-electron chi connectivity index (χ4n) is 2.53. The van der Waals surface area contributed by atoms with E-state index in [1.54, 1.807) is 47.4 Å². The van der Waals surface area contributed by atoms with Crippen LogP contribution in [0, 0.1) is 5.82 Å². The number of thioether (sulfide) groups is 1. The lowest BCUT2D eigenvalue weighted by Gasteiger charge is -2.10. The highest BCUT2D eigenvalue weighted by Gasteiger charge is 2.17. The molecule has 1 aromatic heterocycles. The molecular formula is C21H18FNO2S2. The first kappa shape index (κ1) is 19.3. The average Bonchev–Trinajstić information content (AvgIpc) is 3.21. The molecule has 0 bridgehead atoms. The quantitative estimate of drug-likeness (QED) is 0.438. The van der Waals surface area contributed by atoms with Crippen LogP contribution in [0.25, 0.3) is 0 Å². The molecule has 0 fully saturated rings. The summed E-state index contributed by atoms with van der Waals surface area (Å²) in [5.74, 6) is 0.719. The third-order valence-electron chi connectivity index (χ3n) is 3.90. The van der Waals surface area contributed by atoms with E-state index in [0.717, 1.165) is 11.5 Å². The number of ketones is 1. The van der Waals surface area contributed by atoms with Gasteiger partial charge in [0.2, 0.25) is 0 Å². The Morgan fingerprint density at radius 3 is 2.44 bits per heavy atom. The van der Waals surface area contributed by atoms with Gasteiger partial charge in [0.25, 0.3) is 5.91 Å². The molecule has 0 aliphatic heterocycles. The highest BCUT2D eigenvalue weighted by molar-refractivity contribution is 7.98. The fraction of sp³-hybridized carbons (Fsp3) is 0.143. The van der Waals surface area contributed by atoms with Crippen molar-refractivity contribution in [2.24, 2.45) is 0 Å². The average molecular weight is 400 g/mol. The molecule has 3 rings (SSSR count). The smallest absolute Gasteiger partial charge is 0.252 e. The first-order valence-electron chi connectivity index (χ1n) is 8.41. The molecule has 0 radical (unpaired) electrons. The first-order chi connectivity index (χ1) is 13.1. The van der Waals surface area contributed by atoms with Crippen LogP contribution in [0.5, 0.6) is 0 Å². The highest BCUT2D eigenvalue weighted by Crippen LogP contribution is 2.16. The van der Waals surface area contributed by atoms with Crippen molar-refractivity contribution in [2.45, 2.75) is 5.75 Å². The first-order valence-corrected chi connectivity index (χ1v) is 10.5. The highest BCUT2D eigenvalue weighted by atomic mass is 32.2. The number of thiophene rings is 1. The van der Waals surface area contributed by atoms with Crippen LogP contribution in [-0.4, -0.2) is 24.0 Å². The van der Waals surface area contributed by atoms with Crippen molar-refractivity contribution in [1.29, 1.82) is 0 Å². The van der Waals surface area contributed by atoms with Crippen molar-refractivity contribution in [2.75, 3.05) is 12.3 Å². The van der Waals surface area contributed by atoms with E-state index in [0.29, 0.717) is 23.2 Å². The van der Waals surface area contributed by atoms with Crippen molar-refractivity contribution in [3.63, 3.8) is 0 Å². The van der Waals surface area contributed by atoms with Crippen molar-refractivity contribution in [3.05, 3.63) is 93.4 Å².